The Morgan fingerprint density at radius 1 is 1.00 bits per heavy atom. The average molecular weight is 552 g/mol. The zero-order valence-corrected chi connectivity index (χ0v) is 21.7. The zero-order chi connectivity index (χ0) is 23.3. The number of anilines is 4. The summed E-state index contributed by atoms with van der Waals surface area (Å²) in [7, 11) is -1.50. The van der Waals surface area contributed by atoms with Crippen LogP contribution in [-0.2, 0) is 9.46 Å². The lowest BCUT2D eigenvalue weighted by atomic mass is 10.2. The van der Waals surface area contributed by atoms with Crippen LogP contribution in [0.25, 0.3) is 30.5 Å². The summed E-state index contributed by atoms with van der Waals surface area (Å²) < 4.78 is 24.2. The van der Waals surface area contributed by atoms with Gasteiger partial charge in [0.1, 0.15) is 15.7 Å². The highest BCUT2D eigenvalue weighted by atomic mass is 35.5. The van der Waals surface area contributed by atoms with Crippen LogP contribution >= 0.6 is 54.1 Å². The zero-order valence-electron chi connectivity index (χ0n) is 16.6. The van der Waals surface area contributed by atoms with Gasteiger partial charge in [-0.2, -0.15) is 0 Å². The van der Waals surface area contributed by atoms with E-state index in [1.54, 1.807) is 23.5 Å². The van der Waals surface area contributed by atoms with Crippen molar-refractivity contribution >= 4 is 95.9 Å². The molecule has 0 bridgehead atoms. The van der Waals surface area contributed by atoms with E-state index in [-0.39, 0.29) is 4.90 Å². The molecule has 5 rings (SSSR count). The fraction of sp³-hybridized carbons (Fsp3) is 0. The van der Waals surface area contributed by atoms with E-state index in [1.165, 1.54) is 34.8 Å². The first-order valence-corrected chi connectivity index (χ1v) is 15.1. The molecular weight excluding hydrogens is 537 g/mol. The molecule has 168 valence electrons. The van der Waals surface area contributed by atoms with E-state index >= 15 is 0 Å². The van der Waals surface area contributed by atoms with E-state index in [1.807, 2.05) is 32.0 Å². The third-order valence-electron chi connectivity index (χ3n) is 4.71. The van der Waals surface area contributed by atoms with Gasteiger partial charge in [0, 0.05) is 26.2 Å². The van der Waals surface area contributed by atoms with Gasteiger partial charge in [0.05, 0.1) is 21.2 Å². The highest BCUT2D eigenvalue weighted by Gasteiger charge is 2.18. The number of halogens is 1. The molecule has 0 saturated carbocycles. The predicted octanol–water partition coefficient (Wildman–Crippen LogP) is 6.27. The van der Waals surface area contributed by atoms with E-state index in [0.29, 0.717) is 27.3 Å². The number of aromatic nitrogens is 2. The van der Waals surface area contributed by atoms with Gasteiger partial charge in [-0.25, -0.2) is 18.4 Å². The molecule has 13 heteroatoms. The molecule has 0 saturated heterocycles. The number of fused-ring (bicyclic) bond motifs is 1. The van der Waals surface area contributed by atoms with E-state index in [4.69, 9.17) is 28.1 Å². The number of rotatable bonds is 5. The first kappa shape index (κ1) is 22.5. The molecule has 0 spiro atoms. The third kappa shape index (κ3) is 4.44. The Kier molecular flexibility index (Phi) is 5.80. The van der Waals surface area contributed by atoms with E-state index < -0.39 is 9.46 Å². The number of nitrogens with one attached hydrogen (secondary N) is 1. The summed E-state index contributed by atoms with van der Waals surface area (Å²) in [6.07, 6.45) is 0. The van der Waals surface area contributed by atoms with Crippen molar-refractivity contribution in [2.75, 3.05) is 16.8 Å². The van der Waals surface area contributed by atoms with Gasteiger partial charge in [-0.15, -0.1) is 22.7 Å². The van der Waals surface area contributed by atoms with Crippen LogP contribution in [0.15, 0.2) is 52.7 Å². The first-order valence-electron chi connectivity index (χ1n) is 9.29. The lowest BCUT2D eigenvalue weighted by molar-refractivity contribution is 0.610. The third-order valence-corrected chi connectivity index (χ3v) is 9.88. The van der Waals surface area contributed by atoms with Gasteiger partial charge >= 0.3 is 0 Å². The number of nitrogens with two attached hydrogens (primary N) is 2. The molecule has 0 aliphatic heterocycles. The van der Waals surface area contributed by atoms with Crippen LogP contribution in [0.1, 0.15) is 0 Å². The Morgan fingerprint density at radius 2 is 1.76 bits per heavy atom. The molecule has 5 aromatic rings. The van der Waals surface area contributed by atoms with Crippen molar-refractivity contribution in [1.29, 1.82) is 0 Å². The Morgan fingerprint density at radius 3 is 2.48 bits per heavy atom. The number of thiazole rings is 2. The lowest BCUT2D eigenvalue weighted by Crippen LogP contribution is -1.93. The molecule has 0 fully saturated rings. The molecule has 0 aliphatic carbocycles. The lowest BCUT2D eigenvalue weighted by Gasteiger charge is -2.03. The summed E-state index contributed by atoms with van der Waals surface area (Å²) in [5.41, 5.74) is 14.7. The Bertz CT molecular complexity index is 1610. The molecule has 0 aliphatic rings. The van der Waals surface area contributed by atoms with E-state index in [9.17, 15) is 8.42 Å². The second-order valence-electron chi connectivity index (χ2n) is 6.95. The van der Waals surface area contributed by atoms with Gasteiger partial charge in [0.15, 0.2) is 14.6 Å². The van der Waals surface area contributed by atoms with Crippen LogP contribution in [0.4, 0.5) is 22.3 Å². The standard InChI is InChI=1S/C20H15ClN5O2PS4/c21-9-1-6-14-12(7-9)15(22)16(31-14)13-8-30-19(25-13)17-18(23)26-20(32-17)24-10-2-4-11(5-3-10)33(27,28)29/h1-8H,22-23,29H2,(H,24,26). The van der Waals surface area contributed by atoms with Crippen LogP contribution in [0.5, 0.6) is 0 Å². The van der Waals surface area contributed by atoms with Crippen molar-refractivity contribution in [1.82, 2.24) is 9.97 Å². The molecule has 7 nitrogen and oxygen atoms in total. The van der Waals surface area contributed by atoms with Crippen molar-refractivity contribution in [3.63, 3.8) is 0 Å². The summed E-state index contributed by atoms with van der Waals surface area (Å²) >= 11 is 10.5. The minimum absolute atomic E-state index is 0.218. The summed E-state index contributed by atoms with van der Waals surface area (Å²) in [6.45, 7) is 0. The normalized spacial score (nSPS) is 11.8. The molecule has 5 N–H and O–H groups in total. The number of nitrogens with zero attached hydrogens (tertiary/aromatic N) is 2. The van der Waals surface area contributed by atoms with Crippen LogP contribution in [0, 0.1) is 0 Å². The Labute approximate surface area is 208 Å². The maximum Gasteiger partial charge on any atom is 0.189 e. The number of benzene rings is 2. The summed E-state index contributed by atoms with van der Waals surface area (Å²) in [4.78, 5) is 11.0. The molecule has 1 unspecified atom stereocenters. The molecule has 0 amide bonds. The fourth-order valence-electron chi connectivity index (χ4n) is 3.15. The molecule has 1 atom stereocenters. The molecule has 0 radical (unpaired) electrons. The number of thiophene rings is 1. The minimum Gasteiger partial charge on any atom is -0.397 e. The van der Waals surface area contributed by atoms with Crippen molar-refractivity contribution in [2.24, 2.45) is 0 Å². The van der Waals surface area contributed by atoms with Gasteiger partial charge in [-0.3, -0.25) is 0 Å². The summed E-state index contributed by atoms with van der Waals surface area (Å²) in [5.74, 6) is 0.364. The van der Waals surface area contributed by atoms with Crippen molar-refractivity contribution in [3.05, 3.63) is 52.9 Å². The molecule has 3 aromatic heterocycles. The molecule has 33 heavy (non-hydrogen) atoms. The first-order chi connectivity index (χ1) is 15.7. The Hall–Kier alpha value is -2.27. The van der Waals surface area contributed by atoms with E-state index in [0.717, 1.165) is 30.5 Å². The van der Waals surface area contributed by atoms with Crippen LogP contribution in [-0.4, -0.2) is 18.4 Å². The molecular formula is C20H15ClN5O2PS4. The smallest absolute Gasteiger partial charge is 0.189 e. The van der Waals surface area contributed by atoms with Crippen LogP contribution < -0.4 is 16.8 Å². The van der Waals surface area contributed by atoms with Gasteiger partial charge in [0.25, 0.3) is 0 Å². The average Bonchev–Trinajstić information content (AvgIpc) is 3.46. The highest BCUT2D eigenvalue weighted by Crippen LogP contribution is 2.44. The van der Waals surface area contributed by atoms with Crippen molar-refractivity contribution in [3.8, 4) is 20.5 Å². The van der Waals surface area contributed by atoms with Crippen molar-refractivity contribution < 1.29 is 8.42 Å². The summed E-state index contributed by atoms with van der Waals surface area (Å²) in [6, 6.07) is 12.1. The quantitative estimate of drug-likeness (QED) is 0.220. The van der Waals surface area contributed by atoms with Gasteiger partial charge in [-0.05, 0) is 50.9 Å². The predicted molar refractivity (Wildman–Crippen MR) is 144 cm³/mol. The largest absolute Gasteiger partial charge is 0.397 e. The Balaban J connectivity index is 1.42. The van der Waals surface area contributed by atoms with Gasteiger partial charge < -0.3 is 16.8 Å². The fourth-order valence-corrected chi connectivity index (χ4v) is 7.26. The SMILES string of the molecule is Nc1nc(Nc2ccc(S(=O)(=O)P)cc2)sc1-c1nc(-c2sc3ccc(Cl)cc3c2N)cs1. The maximum absolute atomic E-state index is 11.6. The molecule has 3 heterocycles. The minimum atomic E-state index is -3.33. The highest BCUT2D eigenvalue weighted by molar-refractivity contribution is 8.37. The number of hydrogen-bond acceptors (Lipinski definition) is 10. The van der Waals surface area contributed by atoms with Crippen LogP contribution in [0.2, 0.25) is 5.02 Å². The van der Waals surface area contributed by atoms with Gasteiger partial charge in [0.2, 0.25) is 0 Å². The second kappa shape index (κ2) is 8.50. The van der Waals surface area contributed by atoms with Gasteiger partial charge in [-0.1, -0.05) is 22.9 Å². The summed E-state index contributed by atoms with van der Waals surface area (Å²) in [5, 5.41) is 7.99. The number of nitrogen functional groups attached to an aromatic ring is 2. The second-order valence-corrected chi connectivity index (χ2v) is 13.7. The molecule has 2 aromatic carbocycles. The van der Waals surface area contributed by atoms with E-state index in [2.05, 4.69) is 10.3 Å². The maximum atomic E-state index is 11.6. The van der Waals surface area contributed by atoms with Crippen LogP contribution in [0.3, 0.4) is 0 Å². The topological polar surface area (TPSA) is 124 Å². The monoisotopic (exact) mass is 551 g/mol. The van der Waals surface area contributed by atoms with Crippen molar-refractivity contribution in [2.45, 2.75) is 4.90 Å². The number of hydrogen-bond donors (Lipinski definition) is 3.